The number of ether oxygens (including phenoxy) is 2. The number of methoxy groups -OCH3 is 1. The molecule has 10 nitrogen and oxygen atoms in total. The van der Waals surface area contributed by atoms with Crippen molar-refractivity contribution in [2.24, 2.45) is 14.1 Å². The van der Waals surface area contributed by atoms with Crippen molar-refractivity contribution in [3.05, 3.63) is 113 Å². The summed E-state index contributed by atoms with van der Waals surface area (Å²) < 4.78 is 30.2. The Labute approximate surface area is 280 Å². The Morgan fingerprint density at radius 1 is 1.00 bits per heavy atom. The van der Waals surface area contributed by atoms with Crippen LogP contribution in [0.1, 0.15) is 11.1 Å². The molecule has 2 aromatic heterocycles. The number of amides is 1. The maximum Gasteiger partial charge on any atom is 0.332 e. The molecule has 0 bridgehead atoms. The van der Waals surface area contributed by atoms with Crippen LogP contribution in [0.5, 0.6) is 17.5 Å². The van der Waals surface area contributed by atoms with Gasteiger partial charge in [-0.1, -0.05) is 71.4 Å². The predicted molar refractivity (Wildman–Crippen MR) is 181 cm³/mol. The Kier molecular flexibility index (Phi) is 8.51. The van der Waals surface area contributed by atoms with E-state index in [0.717, 1.165) is 21.2 Å². The van der Waals surface area contributed by atoms with Gasteiger partial charge in [0.05, 0.1) is 24.2 Å². The van der Waals surface area contributed by atoms with Crippen LogP contribution in [0.15, 0.2) is 75.2 Å². The Morgan fingerprint density at radius 2 is 1.76 bits per heavy atom. The number of thioether (sulfide) groups is 1. The van der Waals surface area contributed by atoms with Gasteiger partial charge in [-0.3, -0.25) is 28.2 Å². The SMILES string of the molecule is COc1cc(/C=C2/SC(=S)N(c3ccccc3F)C2=O)ccc1Oc1nc2c(c(=O)n(C)c(=O)n2C)n1Cc1ccc(Cl)cc1Cl. The molecule has 0 spiro atoms. The third-order valence-corrected chi connectivity index (χ3v) is 9.12. The van der Waals surface area contributed by atoms with E-state index in [1.807, 2.05) is 0 Å². The molecule has 1 fully saturated rings. The van der Waals surface area contributed by atoms with Crippen molar-refractivity contribution in [1.82, 2.24) is 18.7 Å². The third-order valence-electron chi connectivity index (χ3n) is 7.23. The lowest BCUT2D eigenvalue weighted by molar-refractivity contribution is -0.113. The molecule has 46 heavy (non-hydrogen) atoms. The van der Waals surface area contributed by atoms with Crippen LogP contribution >= 0.6 is 47.2 Å². The van der Waals surface area contributed by atoms with E-state index in [0.29, 0.717) is 26.1 Å². The Morgan fingerprint density at radius 3 is 2.48 bits per heavy atom. The van der Waals surface area contributed by atoms with E-state index >= 15 is 0 Å². The quantitative estimate of drug-likeness (QED) is 0.148. The van der Waals surface area contributed by atoms with Crippen LogP contribution in [-0.2, 0) is 25.4 Å². The van der Waals surface area contributed by atoms with Crippen LogP contribution in [0.4, 0.5) is 10.1 Å². The molecule has 1 aliphatic rings. The molecule has 1 aliphatic heterocycles. The second-order valence-electron chi connectivity index (χ2n) is 10.1. The smallest absolute Gasteiger partial charge is 0.332 e. The van der Waals surface area contributed by atoms with E-state index in [9.17, 15) is 18.8 Å². The number of aromatic nitrogens is 4. The van der Waals surface area contributed by atoms with Crippen molar-refractivity contribution in [2.45, 2.75) is 6.54 Å². The first-order valence-electron chi connectivity index (χ1n) is 13.5. The Hall–Kier alpha value is -4.43. The zero-order valence-corrected chi connectivity index (χ0v) is 27.4. The van der Waals surface area contributed by atoms with Gasteiger partial charge >= 0.3 is 11.7 Å². The number of imidazole rings is 1. The highest BCUT2D eigenvalue weighted by molar-refractivity contribution is 8.27. The van der Waals surface area contributed by atoms with Crippen LogP contribution in [0.3, 0.4) is 0 Å². The van der Waals surface area contributed by atoms with E-state index in [4.69, 9.17) is 44.9 Å². The van der Waals surface area contributed by atoms with E-state index in [2.05, 4.69) is 4.98 Å². The number of para-hydroxylation sites is 1. The molecule has 0 aliphatic carbocycles. The number of rotatable bonds is 7. The molecular weight excluding hydrogens is 676 g/mol. The Bertz CT molecular complexity index is 2250. The highest BCUT2D eigenvalue weighted by Crippen LogP contribution is 2.39. The molecule has 6 rings (SSSR count). The summed E-state index contributed by atoms with van der Waals surface area (Å²) in [5.41, 5.74) is 0.391. The third kappa shape index (κ3) is 5.60. The van der Waals surface area contributed by atoms with Gasteiger partial charge < -0.3 is 9.47 Å². The number of thiocarbonyl (C=S) groups is 1. The summed E-state index contributed by atoms with van der Waals surface area (Å²) in [5, 5.41) is 0.808. The summed E-state index contributed by atoms with van der Waals surface area (Å²) in [6, 6.07) is 15.8. The standard InChI is InChI=1S/C31H22Cl2FN5O5S2/c1-36-26-25(28(41)37(2)30(36)42)38(15-17-9-10-18(32)14-19(17)33)29(35-26)44-22-11-8-16(12-23(22)43-3)13-24-27(40)39(31(45)46-24)21-7-5-4-6-20(21)34/h4-14H,15H2,1-3H3/b24-13+. The molecule has 0 N–H and O–H groups in total. The molecule has 234 valence electrons. The van der Waals surface area contributed by atoms with Crippen LogP contribution in [0.25, 0.3) is 17.2 Å². The lowest BCUT2D eigenvalue weighted by Gasteiger charge is -2.15. The number of hydrogen-bond donors (Lipinski definition) is 0. The fourth-order valence-electron chi connectivity index (χ4n) is 4.89. The first kappa shape index (κ1) is 31.5. The van der Waals surface area contributed by atoms with Gasteiger partial charge in [0.25, 0.3) is 11.5 Å². The van der Waals surface area contributed by atoms with Gasteiger partial charge in [-0.25, -0.2) is 9.18 Å². The van der Waals surface area contributed by atoms with Gasteiger partial charge in [-0.15, -0.1) is 0 Å². The van der Waals surface area contributed by atoms with Crippen LogP contribution in [0.2, 0.25) is 10.0 Å². The average Bonchev–Trinajstić information content (AvgIpc) is 3.52. The summed E-state index contributed by atoms with van der Waals surface area (Å²) in [7, 11) is 4.33. The second-order valence-corrected chi connectivity index (χ2v) is 12.6. The number of carbonyl (C=O) groups is 1. The molecule has 0 unspecified atom stereocenters. The maximum atomic E-state index is 14.4. The second kappa shape index (κ2) is 12.4. The lowest BCUT2D eigenvalue weighted by Crippen LogP contribution is -2.37. The summed E-state index contributed by atoms with van der Waals surface area (Å²) in [6.07, 6.45) is 1.61. The molecular formula is C31H22Cl2FN5O5S2. The zero-order chi connectivity index (χ0) is 32.9. The van der Waals surface area contributed by atoms with Crippen molar-refractivity contribution >= 4 is 80.3 Å². The number of hydrogen-bond acceptors (Lipinski definition) is 8. The topological polar surface area (TPSA) is 101 Å². The number of benzene rings is 3. The van der Waals surface area contributed by atoms with Crippen molar-refractivity contribution < 1.29 is 18.7 Å². The molecule has 15 heteroatoms. The summed E-state index contributed by atoms with van der Waals surface area (Å²) >= 11 is 19.0. The fourth-order valence-corrected chi connectivity index (χ4v) is 6.64. The van der Waals surface area contributed by atoms with Gasteiger partial charge in [0.15, 0.2) is 27.0 Å². The average molecular weight is 699 g/mol. The van der Waals surface area contributed by atoms with Crippen molar-refractivity contribution in [3.63, 3.8) is 0 Å². The minimum Gasteiger partial charge on any atom is -0.493 e. The number of aryl methyl sites for hydroxylation is 1. The number of nitrogens with zero attached hydrogens (tertiary/aromatic N) is 5. The first-order chi connectivity index (χ1) is 22.0. The van der Waals surface area contributed by atoms with Crippen molar-refractivity contribution in [3.8, 4) is 17.5 Å². The minimum absolute atomic E-state index is 0.00359. The van der Waals surface area contributed by atoms with Gasteiger partial charge in [0.2, 0.25) is 0 Å². The molecule has 0 atom stereocenters. The molecule has 1 amide bonds. The molecule has 3 heterocycles. The molecule has 5 aromatic rings. The van der Waals surface area contributed by atoms with Crippen LogP contribution in [-0.4, -0.2) is 36.0 Å². The maximum absolute atomic E-state index is 14.4. The van der Waals surface area contributed by atoms with Gasteiger partial charge in [-0.2, -0.15) is 4.98 Å². The highest BCUT2D eigenvalue weighted by atomic mass is 35.5. The van der Waals surface area contributed by atoms with Crippen LogP contribution < -0.4 is 25.6 Å². The molecule has 3 aromatic carbocycles. The van der Waals surface area contributed by atoms with E-state index in [-0.39, 0.29) is 45.2 Å². The van der Waals surface area contributed by atoms with E-state index in [1.54, 1.807) is 48.5 Å². The first-order valence-corrected chi connectivity index (χ1v) is 15.4. The summed E-state index contributed by atoms with van der Waals surface area (Å²) in [4.78, 5) is 45.2. The number of carbonyl (C=O) groups excluding carboxylic acids is 1. The van der Waals surface area contributed by atoms with Gasteiger partial charge in [0, 0.05) is 24.1 Å². The highest BCUT2D eigenvalue weighted by Gasteiger charge is 2.34. The zero-order valence-electron chi connectivity index (χ0n) is 24.3. The number of anilines is 1. The van der Waals surface area contributed by atoms with Crippen molar-refractivity contribution in [1.29, 1.82) is 0 Å². The summed E-state index contributed by atoms with van der Waals surface area (Å²) in [5.74, 6) is -0.506. The monoisotopic (exact) mass is 697 g/mol. The molecule has 0 saturated carbocycles. The summed E-state index contributed by atoms with van der Waals surface area (Å²) in [6.45, 7) is 0.0690. The predicted octanol–water partition coefficient (Wildman–Crippen LogP) is 6.13. The number of halogens is 3. The molecule has 1 saturated heterocycles. The fraction of sp³-hybridized carbons (Fsp3) is 0.129. The largest absolute Gasteiger partial charge is 0.493 e. The molecule has 0 radical (unpaired) electrons. The lowest BCUT2D eigenvalue weighted by atomic mass is 10.2. The van der Waals surface area contributed by atoms with Gasteiger partial charge in [0.1, 0.15) is 5.82 Å². The van der Waals surface area contributed by atoms with E-state index in [1.165, 1.54) is 48.5 Å². The normalized spacial score (nSPS) is 14.1. The van der Waals surface area contributed by atoms with Gasteiger partial charge in [-0.05, 0) is 53.6 Å². The van der Waals surface area contributed by atoms with Crippen molar-refractivity contribution in [2.75, 3.05) is 12.0 Å². The Balaban J connectivity index is 1.39. The van der Waals surface area contributed by atoms with Crippen LogP contribution in [0, 0.1) is 5.82 Å². The van der Waals surface area contributed by atoms with E-state index < -0.39 is 23.0 Å². The number of fused-ring (bicyclic) bond motifs is 1. The minimum atomic E-state index is -0.569.